The number of thioether (sulfide) groups is 2. The minimum absolute atomic E-state index is 0.0385. The molecular formula is C40H42N6O10S2. The lowest BCUT2D eigenvalue weighted by Crippen LogP contribution is -2.47. The molecule has 16 nitrogen and oxygen atoms in total. The molecule has 0 spiro atoms. The van der Waals surface area contributed by atoms with Crippen molar-refractivity contribution in [3.05, 3.63) is 83.9 Å². The van der Waals surface area contributed by atoms with Crippen LogP contribution in [0.3, 0.4) is 0 Å². The van der Waals surface area contributed by atoms with E-state index in [0.29, 0.717) is 34.7 Å². The number of ether oxygens (including phenoxy) is 2. The molecule has 2 amide bonds. The van der Waals surface area contributed by atoms with E-state index in [0.717, 1.165) is 0 Å². The first-order chi connectivity index (χ1) is 27.8. The first-order valence-corrected chi connectivity index (χ1v) is 19.9. The molecule has 1 aromatic heterocycles. The van der Waals surface area contributed by atoms with E-state index in [1.165, 1.54) is 59.9 Å². The third kappa shape index (κ3) is 8.29. The maximum Gasteiger partial charge on any atom is 0.305 e. The lowest BCUT2D eigenvalue weighted by atomic mass is 10.1. The fourth-order valence-electron chi connectivity index (χ4n) is 6.71. The fraction of sp³-hybridized carbons (Fsp3) is 0.300. The second kappa shape index (κ2) is 17.2. The first kappa shape index (κ1) is 41.5. The molecule has 304 valence electrons. The van der Waals surface area contributed by atoms with Gasteiger partial charge in [0.25, 0.3) is 11.8 Å². The van der Waals surface area contributed by atoms with Crippen LogP contribution in [-0.2, 0) is 19.2 Å². The summed E-state index contributed by atoms with van der Waals surface area (Å²) in [6, 6.07) is 16.6. The van der Waals surface area contributed by atoms with Gasteiger partial charge in [-0.15, -0.1) is 33.7 Å². The molecule has 2 aliphatic heterocycles. The van der Waals surface area contributed by atoms with Crippen molar-refractivity contribution >= 4 is 81.8 Å². The second-order valence-electron chi connectivity index (χ2n) is 13.3. The van der Waals surface area contributed by atoms with E-state index in [4.69, 9.17) is 9.47 Å². The number of carbonyl (C=O) groups is 4. The number of aromatic nitrogens is 2. The van der Waals surface area contributed by atoms with Crippen molar-refractivity contribution in [3.63, 3.8) is 0 Å². The first-order valence-electron chi connectivity index (χ1n) is 18.2. The molecule has 4 atom stereocenters. The number of nitrogens with zero attached hydrogens (tertiary/aromatic N) is 4. The van der Waals surface area contributed by atoms with E-state index in [2.05, 4.69) is 21.0 Å². The van der Waals surface area contributed by atoms with Crippen molar-refractivity contribution in [2.45, 2.75) is 59.8 Å². The van der Waals surface area contributed by atoms with Gasteiger partial charge in [-0.1, -0.05) is 62.4 Å². The minimum atomic E-state index is -1.13. The number of aromatic hydroxyl groups is 2. The van der Waals surface area contributed by atoms with Gasteiger partial charge in [-0.05, 0) is 60.4 Å². The number of amides is 2. The molecule has 58 heavy (non-hydrogen) atoms. The Balaban J connectivity index is 1.37. The molecular weight excluding hydrogens is 789 g/mol. The Morgan fingerprint density at radius 3 is 1.47 bits per heavy atom. The zero-order chi connectivity index (χ0) is 41.8. The monoisotopic (exact) mass is 830 g/mol. The summed E-state index contributed by atoms with van der Waals surface area (Å²) in [5.41, 5.74) is 7.63. The van der Waals surface area contributed by atoms with E-state index < -0.39 is 56.8 Å². The van der Waals surface area contributed by atoms with Crippen LogP contribution in [0, 0.1) is 0 Å². The largest absolute Gasteiger partial charge is 0.504 e. The smallest absolute Gasteiger partial charge is 0.305 e. The standard InChI is InChI=1S/C40H42N6O10S2/c1-5-39(17-15-23-11-13-27(47)29(19-23)55-3)45(37(53)31(57-39)21-33(49)50)43-35-25-9-7-8-10-26(25)36(42-41-35)44-46-38(54)32(22-34(51)52)58-40(46,6-2)18-16-24-12-14-28(48)30(20-24)56-4/h7-20,31-32,47-48H,5-6,21-22H2,1-4H3,(H,41,43)(H,42,44)(H,49,50)(H,51,52)/b17-15+,18-16+. The topological polar surface area (TPSA) is 224 Å². The molecule has 4 aromatic rings. The summed E-state index contributed by atoms with van der Waals surface area (Å²) in [7, 11) is 2.87. The quantitative estimate of drug-likeness (QED) is 0.0741. The number of nitrogens with one attached hydrogen (secondary N) is 2. The van der Waals surface area contributed by atoms with Gasteiger partial charge >= 0.3 is 11.9 Å². The summed E-state index contributed by atoms with van der Waals surface area (Å²) in [6.07, 6.45) is 6.98. The highest BCUT2D eigenvalue weighted by molar-refractivity contribution is 8.02. The van der Waals surface area contributed by atoms with Crippen molar-refractivity contribution in [2.24, 2.45) is 0 Å². The predicted octanol–water partition coefficient (Wildman–Crippen LogP) is 6.19. The number of fused-ring (bicyclic) bond motifs is 1. The van der Waals surface area contributed by atoms with E-state index in [-0.39, 0.29) is 34.6 Å². The summed E-state index contributed by atoms with van der Waals surface area (Å²) in [5, 5.41) is 50.4. The van der Waals surface area contributed by atoms with Gasteiger partial charge in [-0.25, -0.2) is 10.0 Å². The van der Waals surface area contributed by atoms with E-state index >= 15 is 0 Å². The summed E-state index contributed by atoms with van der Waals surface area (Å²) >= 11 is 2.38. The molecule has 6 rings (SSSR count). The Morgan fingerprint density at radius 1 is 0.724 bits per heavy atom. The van der Waals surface area contributed by atoms with Gasteiger partial charge in [0.2, 0.25) is 0 Å². The SMILES string of the molecule is CCC1(/C=C/c2ccc(O)c(OC)c2)SC(CC(=O)O)C(=O)N1Nc1nnc(NN2C(=O)C(CC(=O)O)SC2(/C=C/c2ccc(O)c(OC)c2)CC)c2ccccc12. The van der Waals surface area contributed by atoms with Gasteiger partial charge in [0.1, 0.15) is 9.74 Å². The maximum atomic E-state index is 14.0. The molecule has 2 saturated heterocycles. The number of phenolic OH excluding ortho intramolecular Hbond substituents is 2. The summed E-state index contributed by atoms with van der Waals surface area (Å²) in [5.74, 6) is -2.43. The molecule has 2 aliphatic rings. The van der Waals surface area contributed by atoms with Crippen molar-refractivity contribution in [2.75, 3.05) is 25.1 Å². The zero-order valence-electron chi connectivity index (χ0n) is 31.9. The van der Waals surface area contributed by atoms with Crippen LogP contribution in [0.1, 0.15) is 50.7 Å². The van der Waals surface area contributed by atoms with Crippen molar-refractivity contribution in [1.82, 2.24) is 20.2 Å². The van der Waals surface area contributed by atoms with Crippen LogP contribution in [-0.4, -0.2) is 98.9 Å². The van der Waals surface area contributed by atoms with Crippen LogP contribution in [0.5, 0.6) is 23.0 Å². The van der Waals surface area contributed by atoms with E-state index in [1.807, 2.05) is 13.8 Å². The summed E-state index contributed by atoms with van der Waals surface area (Å²) in [6.45, 7) is 3.73. The average molecular weight is 831 g/mol. The number of carbonyl (C=O) groups excluding carboxylic acids is 2. The number of hydrazine groups is 2. The molecule has 0 bridgehead atoms. The van der Waals surface area contributed by atoms with Gasteiger partial charge in [0.05, 0.1) is 37.6 Å². The number of benzene rings is 3. The van der Waals surface area contributed by atoms with Crippen molar-refractivity contribution in [1.29, 1.82) is 0 Å². The third-order valence-electron chi connectivity index (χ3n) is 9.78. The van der Waals surface area contributed by atoms with Crippen LogP contribution >= 0.6 is 23.5 Å². The normalized spacial score (nSPS) is 22.0. The fourth-order valence-corrected chi connectivity index (χ4v) is 9.67. The van der Waals surface area contributed by atoms with Crippen LogP contribution in [0.25, 0.3) is 22.9 Å². The predicted molar refractivity (Wildman–Crippen MR) is 221 cm³/mol. The Hall–Kier alpha value is -6.14. The third-order valence-corrected chi connectivity index (χ3v) is 13.1. The Morgan fingerprint density at radius 2 is 1.12 bits per heavy atom. The van der Waals surface area contributed by atoms with Crippen LogP contribution in [0.2, 0.25) is 0 Å². The molecule has 18 heteroatoms. The number of phenols is 2. The van der Waals surface area contributed by atoms with Gasteiger partial charge in [-0.3, -0.25) is 30.0 Å². The van der Waals surface area contributed by atoms with Gasteiger partial charge in [0.15, 0.2) is 34.6 Å². The number of hydrogen-bond acceptors (Lipinski definition) is 14. The molecule has 0 radical (unpaired) electrons. The molecule has 6 N–H and O–H groups in total. The molecule has 2 fully saturated rings. The van der Waals surface area contributed by atoms with Crippen LogP contribution < -0.4 is 20.3 Å². The van der Waals surface area contributed by atoms with Crippen LogP contribution in [0.4, 0.5) is 11.6 Å². The Bertz CT molecular complexity index is 2150. The minimum Gasteiger partial charge on any atom is -0.504 e. The average Bonchev–Trinajstić information content (AvgIpc) is 3.62. The second-order valence-corrected chi connectivity index (χ2v) is 16.4. The number of aliphatic carboxylic acids is 2. The Labute approximate surface area is 341 Å². The van der Waals surface area contributed by atoms with Gasteiger partial charge in [-0.2, -0.15) is 0 Å². The Kier molecular flexibility index (Phi) is 12.3. The number of hydrogen-bond donors (Lipinski definition) is 6. The number of carboxylic acid groups (broad SMARTS) is 2. The molecule has 3 aromatic carbocycles. The lowest BCUT2D eigenvalue weighted by molar-refractivity contribution is -0.140. The van der Waals surface area contributed by atoms with Crippen molar-refractivity contribution < 1.29 is 49.1 Å². The van der Waals surface area contributed by atoms with E-state index in [1.54, 1.807) is 72.8 Å². The van der Waals surface area contributed by atoms with Crippen LogP contribution in [0.15, 0.2) is 72.8 Å². The highest BCUT2D eigenvalue weighted by atomic mass is 32.2. The molecule has 4 unspecified atom stereocenters. The molecule has 0 aliphatic carbocycles. The lowest BCUT2D eigenvalue weighted by Gasteiger charge is -2.35. The zero-order valence-corrected chi connectivity index (χ0v) is 33.5. The highest BCUT2D eigenvalue weighted by Crippen LogP contribution is 2.48. The number of anilines is 2. The molecule has 0 saturated carbocycles. The van der Waals surface area contributed by atoms with Gasteiger partial charge in [0, 0.05) is 10.8 Å². The summed E-state index contributed by atoms with van der Waals surface area (Å²) < 4.78 is 10.5. The number of methoxy groups -OCH3 is 2. The number of rotatable bonds is 16. The van der Waals surface area contributed by atoms with E-state index in [9.17, 15) is 39.6 Å². The number of carboxylic acids is 2. The highest BCUT2D eigenvalue weighted by Gasteiger charge is 2.52. The van der Waals surface area contributed by atoms with Gasteiger partial charge < -0.3 is 29.9 Å². The maximum absolute atomic E-state index is 14.0. The molecule has 3 heterocycles. The summed E-state index contributed by atoms with van der Waals surface area (Å²) in [4.78, 5) is 49.5. The van der Waals surface area contributed by atoms with Crippen molar-refractivity contribution in [3.8, 4) is 23.0 Å².